The molecule has 0 atom stereocenters. The molecule has 0 aliphatic rings. The van der Waals surface area contributed by atoms with Crippen molar-refractivity contribution in [3.63, 3.8) is 0 Å². The molecule has 0 spiro atoms. The SMILES string of the molecule is O=C(Nc1ccc2sccc2c1)c1cccc(CCl)c1. The zero-order chi connectivity index (χ0) is 13.9. The fraction of sp³-hybridized carbons (Fsp3) is 0.0625. The van der Waals surface area contributed by atoms with Gasteiger partial charge in [0.05, 0.1) is 0 Å². The Morgan fingerprint density at radius 1 is 1.15 bits per heavy atom. The van der Waals surface area contributed by atoms with Gasteiger partial charge in [0, 0.05) is 21.8 Å². The second-order valence-electron chi connectivity index (χ2n) is 4.46. The Morgan fingerprint density at radius 2 is 2.05 bits per heavy atom. The first-order chi connectivity index (χ1) is 9.76. The molecule has 1 amide bonds. The molecule has 0 aliphatic heterocycles. The van der Waals surface area contributed by atoms with Gasteiger partial charge in [0.15, 0.2) is 0 Å². The van der Waals surface area contributed by atoms with Gasteiger partial charge in [-0.3, -0.25) is 4.79 Å². The van der Waals surface area contributed by atoms with Crippen LogP contribution in [0, 0.1) is 0 Å². The molecule has 0 radical (unpaired) electrons. The minimum absolute atomic E-state index is 0.119. The highest BCUT2D eigenvalue weighted by atomic mass is 35.5. The number of hydrogen-bond donors (Lipinski definition) is 1. The molecule has 0 saturated carbocycles. The quantitative estimate of drug-likeness (QED) is 0.685. The summed E-state index contributed by atoms with van der Waals surface area (Å²) in [6, 6.07) is 15.3. The highest BCUT2D eigenvalue weighted by molar-refractivity contribution is 7.17. The summed E-state index contributed by atoms with van der Waals surface area (Å²) in [5, 5.41) is 6.10. The number of rotatable bonds is 3. The van der Waals surface area contributed by atoms with Crippen molar-refractivity contribution in [2.75, 3.05) is 5.32 Å². The number of thiophene rings is 1. The molecule has 0 unspecified atom stereocenters. The molecule has 0 bridgehead atoms. The molecule has 0 aliphatic carbocycles. The third kappa shape index (κ3) is 2.69. The number of alkyl halides is 1. The molecule has 1 N–H and O–H groups in total. The summed E-state index contributed by atoms with van der Waals surface area (Å²) in [4.78, 5) is 12.2. The van der Waals surface area contributed by atoms with E-state index in [0.717, 1.165) is 16.6 Å². The predicted octanol–water partition coefficient (Wildman–Crippen LogP) is 4.89. The van der Waals surface area contributed by atoms with Crippen LogP contribution in [0.4, 0.5) is 5.69 Å². The predicted molar refractivity (Wildman–Crippen MR) is 85.8 cm³/mol. The maximum absolute atomic E-state index is 12.2. The monoisotopic (exact) mass is 301 g/mol. The number of hydrogen-bond acceptors (Lipinski definition) is 2. The summed E-state index contributed by atoms with van der Waals surface area (Å²) in [6.07, 6.45) is 0. The van der Waals surface area contributed by atoms with Crippen LogP contribution in [0.15, 0.2) is 53.9 Å². The van der Waals surface area contributed by atoms with Gasteiger partial charge >= 0.3 is 0 Å². The molecule has 1 heterocycles. The summed E-state index contributed by atoms with van der Waals surface area (Å²) in [5.41, 5.74) is 2.36. The smallest absolute Gasteiger partial charge is 0.255 e. The number of halogens is 1. The average Bonchev–Trinajstić information content (AvgIpc) is 2.95. The van der Waals surface area contributed by atoms with Gasteiger partial charge in [-0.25, -0.2) is 0 Å². The lowest BCUT2D eigenvalue weighted by atomic mass is 10.1. The average molecular weight is 302 g/mol. The number of amides is 1. The van der Waals surface area contributed by atoms with Crippen molar-refractivity contribution in [3.05, 3.63) is 65.0 Å². The van der Waals surface area contributed by atoms with Crippen LogP contribution in [0.5, 0.6) is 0 Å². The molecule has 20 heavy (non-hydrogen) atoms. The Morgan fingerprint density at radius 3 is 2.90 bits per heavy atom. The summed E-state index contributed by atoms with van der Waals surface area (Å²) in [6.45, 7) is 0. The summed E-state index contributed by atoms with van der Waals surface area (Å²) >= 11 is 7.47. The summed E-state index contributed by atoms with van der Waals surface area (Å²) in [5.74, 6) is 0.286. The molecular formula is C16H12ClNOS. The van der Waals surface area contributed by atoms with Crippen LogP contribution in [-0.4, -0.2) is 5.91 Å². The van der Waals surface area contributed by atoms with Crippen molar-refractivity contribution < 1.29 is 4.79 Å². The number of anilines is 1. The first kappa shape index (κ1) is 13.2. The normalized spacial score (nSPS) is 10.7. The molecule has 0 saturated heterocycles. The van der Waals surface area contributed by atoms with E-state index in [0.29, 0.717) is 11.4 Å². The molecule has 0 fully saturated rings. The van der Waals surface area contributed by atoms with Gasteiger partial charge in [0.2, 0.25) is 0 Å². The van der Waals surface area contributed by atoms with Gasteiger partial charge in [0.1, 0.15) is 0 Å². The van der Waals surface area contributed by atoms with Gasteiger partial charge in [0.25, 0.3) is 5.91 Å². The van der Waals surface area contributed by atoms with Crippen molar-refractivity contribution >= 4 is 44.6 Å². The van der Waals surface area contributed by atoms with Crippen molar-refractivity contribution in [1.82, 2.24) is 0 Å². The van der Waals surface area contributed by atoms with Crippen LogP contribution in [0.25, 0.3) is 10.1 Å². The van der Waals surface area contributed by atoms with Crippen molar-refractivity contribution in [2.45, 2.75) is 5.88 Å². The summed E-state index contributed by atoms with van der Waals surface area (Å²) in [7, 11) is 0. The number of benzene rings is 2. The highest BCUT2D eigenvalue weighted by Crippen LogP contribution is 2.24. The molecule has 3 aromatic rings. The second kappa shape index (κ2) is 5.65. The van der Waals surface area contributed by atoms with Crippen molar-refractivity contribution in [1.29, 1.82) is 0 Å². The Hall–Kier alpha value is -1.84. The topological polar surface area (TPSA) is 29.1 Å². The first-order valence-corrected chi connectivity index (χ1v) is 7.61. The first-order valence-electron chi connectivity index (χ1n) is 6.20. The van der Waals surface area contributed by atoms with E-state index in [-0.39, 0.29) is 5.91 Å². The fourth-order valence-electron chi connectivity index (χ4n) is 2.04. The van der Waals surface area contributed by atoms with Crippen LogP contribution < -0.4 is 5.32 Å². The zero-order valence-corrected chi connectivity index (χ0v) is 12.2. The van der Waals surface area contributed by atoms with Crippen molar-refractivity contribution in [2.24, 2.45) is 0 Å². The second-order valence-corrected chi connectivity index (χ2v) is 5.68. The van der Waals surface area contributed by atoms with Gasteiger partial charge in [-0.15, -0.1) is 22.9 Å². The van der Waals surface area contributed by atoms with E-state index in [4.69, 9.17) is 11.6 Å². The largest absolute Gasteiger partial charge is 0.322 e. The number of fused-ring (bicyclic) bond motifs is 1. The Balaban J connectivity index is 1.83. The minimum atomic E-state index is -0.119. The van der Waals surface area contributed by atoms with Crippen LogP contribution in [0.2, 0.25) is 0 Å². The van der Waals surface area contributed by atoms with E-state index < -0.39 is 0 Å². The van der Waals surface area contributed by atoms with Gasteiger partial charge in [-0.2, -0.15) is 0 Å². The van der Waals surface area contributed by atoms with Crippen molar-refractivity contribution in [3.8, 4) is 0 Å². The Labute approximate surface area is 126 Å². The fourth-order valence-corrected chi connectivity index (χ4v) is 2.98. The van der Waals surface area contributed by atoms with Crippen LogP contribution in [-0.2, 0) is 5.88 Å². The summed E-state index contributed by atoms with van der Waals surface area (Å²) < 4.78 is 1.21. The lowest BCUT2D eigenvalue weighted by Crippen LogP contribution is -2.11. The maximum atomic E-state index is 12.2. The van der Waals surface area contributed by atoms with E-state index in [2.05, 4.69) is 5.32 Å². The Kier molecular flexibility index (Phi) is 3.72. The lowest BCUT2D eigenvalue weighted by molar-refractivity contribution is 0.102. The minimum Gasteiger partial charge on any atom is -0.322 e. The number of nitrogens with one attached hydrogen (secondary N) is 1. The third-order valence-corrected chi connectivity index (χ3v) is 4.26. The molecule has 1 aromatic heterocycles. The molecule has 2 nitrogen and oxygen atoms in total. The van der Waals surface area contributed by atoms with Gasteiger partial charge < -0.3 is 5.32 Å². The van der Waals surface area contributed by atoms with Crippen LogP contribution in [0.3, 0.4) is 0 Å². The molecule has 2 aromatic carbocycles. The van der Waals surface area contributed by atoms with E-state index in [1.54, 1.807) is 17.4 Å². The number of carbonyl (C=O) groups excluding carboxylic acids is 1. The van der Waals surface area contributed by atoms with Gasteiger partial charge in [-0.1, -0.05) is 12.1 Å². The standard InChI is InChI=1S/C16H12ClNOS/c17-10-11-2-1-3-13(8-11)16(19)18-14-4-5-15-12(9-14)6-7-20-15/h1-9H,10H2,(H,18,19). The maximum Gasteiger partial charge on any atom is 0.255 e. The van der Waals surface area contributed by atoms with Gasteiger partial charge in [-0.05, 0) is 52.7 Å². The van der Waals surface area contributed by atoms with E-state index >= 15 is 0 Å². The molecule has 4 heteroatoms. The molecule has 3 rings (SSSR count). The molecular weight excluding hydrogens is 290 g/mol. The van der Waals surface area contributed by atoms with Crippen LogP contribution >= 0.6 is 22.9 Å². The Bertz CT molecular complexity index is 766. The zero-order valence-electron chi connectivity index (χ0n) is 10.6. The van der Waals surface area contributed by atoms with Crippen LogP contribution in [0.1, 0.15) is 15.9 Å². The van der Waals surface area contributed by atoms with E-state index in [1.165, 1.54) is 4.70 Å². The lowest BCUT2D eigenvalue weighted by Gasteiger charge is -2.06. The highest BCUT2D eigenvalue weighted by Gasteiger charge is 2.07. The third-order valence-electron chi connectivity index (χ3n) is 3.05. The van der Waals surface area contributed by atoms with E-state index in [1.807, 2.05) is 47.8 Å². The number of carbonyl (C=O) groups is 1. The molecule has 100 valence electrons. The van der Waals surface area contributed by atoms with E-state index in [9.17, 15) is 4.79 Å².